The Morgan fingerprint density at radius 1 is 1.24 bits per heavy atom. The number of carboxylic acid groups (broad SMARTS) is 1. The molecule has 1 N–H and O–H groups in total. The number of aliphatic carboxylic acids is 1. The minimum Gasteiger partial charge on any atom is -0.545 e. The van der Waals surface area contributed by atoms with E-state index < -0.39 is 5.97 Å². The maximum absolute atomic E-state index is 11.9. The van der Waals surface area contributed by atoms with Crippen LogP contribution in [0.5, 0.6) is 5.75 Å². The average Bonchev–Trinajstić information content (AvgIpc) is 3.17. The fourth-order valence-electron chi connectivity index (χ4n) is 5.69. The minimum atomic E-state index is -1.10. The first-order chi connectivity index (χ1) is 15.6. The molecule has 2 bridgehead atoms. The van der Waals surface area contributed by atoms with E-state index in [1.807, 2.05) is 24.3 Å². The Bertz CT molecular complexity index is 937. The summed E-state index contributed by atoms with van der Waals surface area (Å²) < 4.78 is 5.26. The van der Waals surface area contributed by atoms with E-state index in [0.29, 0.717) is 18.2 Å². The van der Waals surface area contributed by atoms with Crippen molar-refractivity contribution in [3.8, 4) is 5.75 Å². The molecule has 6 rings (SSSR count). The SMILES string of the molecule is COc1ccc(CN2C=C(CCNC3CN4CCC3CC4)C3C(C(=O)[O-])=CC=NC32)cc1.[Na+]. The van der Waals surface area contributed by atoms with Crippen molar-refractivity contribution in [2.24, 2.45) is 16.8 Å². The summed E-state index contributed by atoms with van der Waals surface area (Å²) in [6.07, 6.45) is 8.47. The zero-order chi connectivity index (χ0) is 22.1. The van der Waals surface area contributed by atoms with E-state index in [2.05, 4.69) is 26.3 Å². The molecule has 0 amide bonds. The van der Waals surface area contributed by atoms with Gasteiger partial charge in [-0.05, 0) is 79.7 Å². The van der Waals surface area contributed by atoms with Gasteiger partial charge in [0.15, 0.2) is 0 Å². The van der Waals surface area contributed by atoms with Crippen molar-refractivity contribution in [2.45, 2.75) is 38.0 Å². The van der Waals surface area contributed by atoms with Gasteiger partial charge in [0.05, 0.1) is 13.1 Å². The van der Waals surface area contributed by atoms with Crippen molar-refractivity contribution in [3.63, 3.8) is 0 Å². The number of carboxylic acids is 1. The van der Waals surface area contributed by atoms with Crippen LogP contribution in [0.3, 0.4) is 0 Å². The predicted molar refractivity (Wildman–Crippen MR) is 121 cm³/mol. The molecule has 1 aromatic carbocycles. The number of piperidine rings is 3. The van der Waals surface area contributed by atoms with Gasteiger partial charge in [-0.1, -0.05) is 12.1 Å². The van der Waals surface area contributed by atoms with Crippen molar-refractivity contribution < 1.29 is 44.2 Å². The largest absolute Gasteiger partial charge is 1.00 e. The van der Waals surface area contributed by atoms with E-state index in [4.69, 9.17) is 4.74 Å². The van der Waals surface area contributed by atoms with Crippen molar-refractivity contribution in [1.29, 1.82) is 0 Å². The molecule has 0 saturated carbocycles. The van der Waals surface area contributed by atoms with Crippen LogP contribution in [0.2, 0.25) is 0 Å². The molecule has 3 atom stereocenters. The standard InChI is InChI=1S/C25H32N4O3.Na/c1-32-20-4-2-17(3-5-20)14-29-15-19(23-21(25(30)31)7-11-27-24(23)29)6-10-26-22-16-28-12-8-18(22)9-13-28;/h2-5,7,11,15,18,22-24,26H,6,8-10,12-14,16H2,1H3,(H,30,31);/q;+1/p-1. The Hall–Kier alpha value is -1.64. The smallest absolute Gasteiger partial charge is 0.545 e. The van der Waals surface area contributed by atoms with Gasteiger partial charge in [0.2, 0.25) is 0 Å². The van der Waals surface area contributed by atoms with Crippen LogP contribution in [0.4, 0.5) is 0 Å². The Labute approximate surface area is 217 Å². The van der Waals surface area contributed by atoms with E-state index >= 15 is 0 Å². The fraction of sp³-hybridized carbons (Fsp3) is 0.520. The summed E-state index contributed by atoms with van der Waals surface area (Å²) in [5.74, 6) is 0.237. The van der Waals surface area contributed by atoms with Crippen molar-refractivity contribution >= 4 is 12.2 Å². The van der Waals surface area contributed by atoms with Crippen LogP contribution in [0.1, 0.15) is 24.8 Å². The zero-order valence-electron chi connectivity index (χ0n) is 19.6. The number of nitrogens with one attached hydrogen (secondary N) is 1. The number of hydrogen-bond donors (Lipinski definition) is 1. The molecule has 33 heavy (non-hydrogen) atoms. The van der Waals surface area contributed by atoms with Crippen LogP contribution >= 0.6 is 0 Å². The number of fused-ring (bicyclic) bond motifs is 4. The molecule has 0 radical (unpaired) electrons. The number of carbonyl (C=O) groups is 1. The summed E-state index contributed by atoms with van der Waals surface area (Å²) in [6, 6.07) is 8.52. The molecule has 3 unspecified atom stereocenters. The molecule has 7 nitrogen and oxygen atoms in total. The molecule has 8 heteroatoms. The van der Waals surface area contributed by atoms with E-state index in [1.54, 1.807) is 19.4 Å². The van der Waals surface area contributed by atoms with E-state index in [-0.39, 0.29) is 41.6 Å². The fourth-order valence-corrected chi connectivity index (χ4v) is 5.69. The van der Waals surface area contributed by atoms with Gasteiger partial charge < -0.3 is 29.8 Å². The second-order valence-electron chi connectivity index (χ2n) is 9.27. The number of carbonyl (C=O) groups excluding carboxylic acids is 1. The molecular formula is C25H31N4NaO3. The summed E-state index contributed by atoms with van der Waals surface area (Å²) >= 11 is 0. The molecule has 0 aromatic heterocycles. The van der Waals surface area contributed by atoms with Gasteiger partial charge in [-0.3, -0.25) is 4.99 Å². The van der Waals surface area contributed by atoms with E-state index in [9.17, 15) is 9.90 Å². The van der Waals surface area contributed by atoms with Crippen LogP contribution < -0.4 is 44.7 Å². The monoisotopic (exact) mass is 458 g/mol. The van der Waals surface area contributed by atoms with Gasteiger partial charge in [-0.25, -0.2) is 0 Å². The van der Waals surface area contributed by atoms with Crippen molar-refractivity contribution in [3.05, 3.63) is 53.3 Å². The number of benzene rings is 1. The first-order valence-corrected chi connectivity index (χ1v) is 11.6. The molecule has 0 aliphatic carbocycles. The number of aliphatic imine (C=N–C) groups is 1. The normalized spacial score (nSPS) is 29.7. The molecule has 3 saturated heterocycles. The van der Waals surface area contributed by atoms with Gasteiger partial charge in [0.25, 0.3) is 0 Å². The van der Waals surface area contributed by atoms with Gasteiger partial charge >= 0.3 is 29.6 Å². The summed E-state index contributed by atoms with van der Waals surface area (Å²) in [7, 11) is 1.66. The van der Waals surface area contributed by atoms with Gasteiger partial charge in [0.1, 0.15) is 11.9 Å². The summed E-state index contributed by atoms with van der Waals surface area (Å²) in [5.41, 5.74) is 2.58. The van der Waals surface area contributed by atoms with Gasteiger partial charge in [0, 0.05) is 37.5 Å². The number of methoxy groups -OCH3 is 1. The molecule has 170 valence electrons. The maximum Gasteiger partial charge on any atom is 1.00 e. The van der Waals surface area contributed by atoms with Crippen LogP contribution in [-0.2, 0) is 11.3 Å². The number of ether oxygens (including phenoxy) is 1. The quantitative estimate of drug-likeness (QED) is 0.462. The second-order valence-corrected chi connectivity index (χ2v) is 9.27. The number of dihydropyridines is 1. The Morgan fingerprint density at radius 3 is 2.64 bits per heavy atom. The molecule has 5 aliphatic rings. The number of rotatable bonds is 8. The number of allylic oxidation sites excluding steroid dienone is 1. The first kappa shape index (κ1) is 24.5. The Kier molecular flexibility index (Phi) is 7.97. The molecule has 5 heterocycles. The molecule has 0 spiro atoms. The van der Waals surface area contributed by atoms with Gasteiger partial charge in [-0.15, -0.1) is 0 Å². The van der Waals surface area contributed by atoms with Crippen molar-refractivity contribution in [2.75, 3.05) is 33.3 Å². The third-order valence-corrected chi connectivity index (χ3v) is 7.43. The van der Waals surface area contributed by atoms with E-state index in [0.717, 1.165) is 42.3 Å². The van der Waals surface area contributed by atoms with Gasteiger partial charge in [-0.2, -0.15) is 0 Å². The maximum atomic E-state index is 11.9. The second kappa shape index (κ2) is 10.7. The first-order valence-electron chi connectivity index (χ1n) is 11.6. The molecule has 1 aromatic rings. The van der Waals surface area contributed by atoms with Crippen LogP contribution in [0.25, 0.3) is 0 Å². The number of nitrogens with zero attached hydrogens (tertiary/aromatic N) is 3. The molecule has 3 fully saturated rings. The zero-order valence-corrected chi connectivity index (χ0v) is 21.6. The Morgan fingerprint density at radius 2 is 2.00 bits per heavy atom. The van der Waals surface area contributed by atoms with E-state index in [1.165, 1.54) is 25.9 Å². The van der Waals surface area contributed by atoms with Crippen LogP contribution in [0, 0.1) is 11.8 Å². The topological polar surface area (TPSA) is 80.2 Å². The molecule has 5 aliphatic heterocycles. The predicted octanol–water partition coefficient (Wildman–Crippen LogP) is -1.82. The third-order valence-electron chi connectivity index (χ3n) is 7.43. The van der Waals surface area contributed by atoms with Crippen molar-refractivity contribution in [1.82, 2.24) is 15.1 Å². The summed E-state index contributed by atoms with van der Waals surface area (Å²) in [5, 5.41) is 15.6. The van der Waals surface area contributed by atoms with Crippen LogP contribution in [-0.4, -0.2) is 67.5 Å². The number of hydrogen-bond acceptors (Lipinski definition) is 7. The van der Waals surface area contributed by atoms with Crippen LogP contribution in [0.15, 0.2) is 52.7 Å². The molecular weight excluding hydrogens is 427 g/mol. The Balaban J connectivity index is 0.00000259. The summed E-state index contributed by atoms with van der Waals surface area (Å²) in [4.78, 5) is 21.2. The third kappa shape index (κ3) is 5.23. The summed E-state index contributed by atoms with van der Waals surface area (Å²) in [6.45, 7) is 5.11. The average molecular weight is 459 g/mol. The minimum absolute atomic E-state index is 0.